The van der Waals surface area contributed by atoms with E-state index in [4.69, 9.17) is 10.7 Å². The normalized spacial score (nSPS) is 14.2. The van der Waals surface area contributed by atoms with Gasteiger partial charge in [-0.15, -0.1) is 0 Å². The van der Waals surface area contributed by atoms with Crippen LogP contribution < -0.4 is 0 Å². The van der Waals surface area contributed by atoms with Gasteiger partial charge in [-0.3, -0.25) is 4.98 Å². The van der Waals surface area contributed by atoms with Gasteiger partial charge < -0.3 is 0 Å². The summed E-state index contributed by atoms with van der Waals surface area (Å²) in [7, 11) is 1.66. The fourth-order valence-corrected chi connectivity index (χ4v) is 1.59. The van der Waals surface area contributed by atoms with Gasteiger partial charge in [-0.2, -0.15) is 0 Å². The molecule has 0 spiro atoms. The summed E-state index contributed by atoms with van der Waals surface area (Å²) in [6, 6.07) is 3.26. The molecular formula is C7H8ClNO2S. The monoisotopic (exact) mass is 205 g/mol. The van der Waals surface area contributed by atoms with Crippen LogP contribution in [0.25, 0.3) is 0 Å². The van der Waals surface area contributed by atoms with Crippen LogP contribution in [0.4, 0.5) is 0 Å². The zero-order valence-electron chi connectivity index (χ0n) is 6.44. The Morgan fingerprint density at radius 3 is 2.33 bits per heavy atom. The first kappa shape index (κ1) is 9.48. The maximum Gasteiger partial charge on any atom is 0.239 e. The summed E-state index contributed by atoms with van der Waals surface area (Å²) >= 11 is 0. The quantitative estimate of drug-likeness (QED) is 0.691. The first-order chi connectivity index (χ1) is 5.52. The lowest BCUT2D eigenvalue weighted by atomic mass is 10.2. The van der Waals surface area contributed by atoms with Crippen LogP contribution in [0.1, 0.15) is 17.7 Å². The number of halogens is 1. The van der Waals surface area contributed by atoms with Gasteiger partial charge in [0.2, 0.25) is 9.05 Å². The van der Waals surface area contributed by atoms with Gasteiger partial charge in [-0.1, -0.05) is 0 Å². The highest BCUT2D eigenvalue weighted by Gasteiger charge is 2.18. The maximum absolute atomic E-state index is 10.9. The van der Waals surface area contributed by atoms with E-state index in [0.29, 0.717) is 5.56 Å². The molecule has 0 saturated heterocycles. The van der Waals surface area contributed by atoms with Gasteiger partial charge in [-0.05, 0) is 24.6 Å². The third-order valence-electron chi connectivity index (χ3n) is 1.60. The van der Waals surface area contributed by atoms with Gasteiger partial charge in [-0.25, -0.2) is 8.42 Å². The van der Waals surface area contributed by atoms with Gasteiger partial charge in [0.05, 0.1) is 5.25 Å². The van der Waals surface area contributed by atoms with Crippen LogP contribution in [0.15, 0.2) is 24.5 Å². The average Bonchev–Trinajstić information content (AvgIpc) is 2.03. The third-order valence-corrected chi connectivity index (χ3v) is 3.52. The fourth-order valence-electron chi connectivity index (χ4n) is 0.797. The highest BCUT2D eigenvalue weighted by molar-refractivity contribution is 8.13. The molecule has 0 N–H and O–H groups in total. The summed E-state index contributed by atoms with van der Waals surface area (Å²) in [6.45, 7) is 1.54. The predicted molar refractivity (Wildman–Crippen MR) is 47.4 cm³/mol. The van der Waals surface area contributed by atoms with Crippen molar-refractivity contribution in [2.24, 2.45) is 0 Å². The Kier molecular flexibility index (Phi) is 2.69. The van der Waals surface area contributed by atoms with E-state index < -0.39 is 14.3 Å². The van der Waals surface area contributed by atoms with E-state index in [1.54, 1.807) is 12.1 Å². The van der Waals surface area contributed by atoms with Crippen LogP contribution in [0.5, 0.6) is 0 Å². The number of nitrogens with zero attached hydrogens (tertiary/aromatic N) is 1. The highest BCUT2D eigenvalue weighted by atomic mass is 35.7. The molecule has 0 saturated carbocycles. The molecule has 66 valence electrons. The summed E-state index contributed by atoms with van der Waals surface area (Å²) in [5.74, 6) is 0. The van der Waals surface area contributed by atoms with E-state index in [0.717, 1.165) is 0 Å². The summed E-state index contributed by atoms with van der Waals surface area (Å²) in [5, 5.41) is -0.679. The Bertz CT molecular complexity index is 349. The van der Waals surface area contributed by atoms with Gasteiger partial charge >= 0.3 is 0 Å². The van der Waals surface area contributed by atoms with Crippen molar-refractivity contribution in [3.63, 3.8) is 0 Å². The van der Waals surface area contributed by atoms with Crippen molar-refractivity contribution in [1.82, 2.24) is 4.98 Å². The zero-order valence-corrected chi connectivity index (χ0v) is 8.01. The van der Waals surface area contributed by atoms with Crippen molar-refractivity contribution in [1.29, 1.82) is 0 Å². The first-order valence-electron chi connectivity index (χ1n) is 3.35. The van der Waals surface area contributed by atoms with Crippen molar-refractivity contribution >= 4 is 19.7 Å². The van der Waals surface area contributed by atoms with Crippen LogP contribution in [-0.4, -0.2) is 13.4 Å². The molecule has 5 heteroatoms. The molecule has 0 aliphatic rings. The van der Waals surface area contributed by atoms with Crippen molar-refractivity contribution in [2.75, 3.05) is 0 Å². The van der Waals surface area contributed by atoms with E-state index in [1.165, 1.54) is 19.3 Å². The van der Waals surface area contributed by atoms with E-state index in [9.17, 15) is 8.42 Å². The molecule has 1 aromatic rings. The van der Waals surface area contributed by atoms with E-state index in [1.807, 2.05) is 0 Å². The third kappa shape index (κ3) is 2.19. The molecule has 1 heterocycles. The molecule has 0 aliphatic heterocycles. The van der Waals surface area contributed by atoms with E-state index in [-0.39, 0.29) is 0 Å². The molecular weight excluding hydrogens is 198 g/mol. The lowest BCUT2D eigenvalue weighted by molar-refractivity contribution is 0.600. The molecule has 1 unspecified atom stereocenters. The van der Waals surface area contributed by atoms with Crippen molar-refractivity contribution in [2.45, 2.75) is 12.2 Å². The number of pyridine rings is 1. The standard InChI is InChI=1S/C7H8ClNO2S/c1-6(12(8,10)11)7-2-4-9-5-3-7/h2-6H,1H3. The van der Waals surface area contributed by atoms with Crippen molar-refractivity contribution in [3.05, 3.63) is 30.1 Å². The number of hydrogen-bond acceptors (Lipinski definition) is 3. The molecule has 1 atom stereocenters. The Morgan fingerprint density at radius 1 is 1.42 bits per heavy atom. The largest absolute Gasteiger partial charge is 0.265 e. The summed E-state index contributed by atoms with van der Waals surface area (Å²) in [5.41, 5.74) is 0.653. The van der Waals surface area contributed by atoms with Gasteiger partial charge in [0, 0.05) is 23.1 Å². The van der Waals surface area contributed by atoms with Crippen molar-refractivity contribution < 1.29 is 8.42 Å². The first-order valence-corrected chi connectivity index (χ1v) is 5.72. The van der Waals surface area contributed by atoms with Gasteiger partial charge in [0.25, 0.3) is 0 Å². The zero-order chi connectivity index (χ0) is 9.19. The minimum atomic E-state index is -3.51. The minimum absolute atomic E-state index is 0.653. The predicted octanol–water partition coefficient (Wildman–Crippen LogP) is 1.71. The van der Waals surface area contributed by atoms with Crippen LogP contribution in [0.3, 0.4) is 0 Å². The molecule has 0 aliphatic carbocycles. The number of hydrogen-bond donors (Lipinski definition) is 0. The maximum atomic E-state index is 10.9. The Hall–Kier alpha value is -0.610. The van der Waals surface area contributed by atoms with E-state index in [2.05, 4.69) is 4.98 Å². The summed E-state index contributed by atoms with van der Waals surface area (Å²) in [4.78, 5) is 3.77. The Balaban J connectivity index is 3.02. The topological polar surface area (TPSA) is 47.0 Å². The molecule has 1 aromatic heterocycles. The average molecular weight is 206 g/mol. The van der Waals surface area contributed by atoms with Crippen molar-refractivity contribution in [3.8, 4) is 0 Å². The minimum Gasteiger partial charge on any atom is -0.265 e. The molecule has 0 bridgehead atoms. The van der Waals surface area contributed by atoms with Crippen LogP contribution >= 0.6 is 10.7 Å². The fraction of sp³-hybridized carbons (Fsp3) is 0.286. The lowest BCUT2D eigenvalue weighted by Gasteiger charge is -2.05. The second-order valence-corrected chi connectivity index (χ2v) is 5.35. The Labute approximate surface area is 75.8 Å². The van der Waals surface area contributed by atoms with Gasteiger partial charge in [0.1, 0.15) is 0 Å². The lowest BCUT2D eigenvalue weighted by Crippen LogP contribution is -2.02. The molecule has 0 aromatic carbocycles. The van der Waals surface area contributed by atoms with E-state index >= 15 is 0 Å². The molecule has 12 heavy (non-hydrogen) atoms. The highest BCUT2D eigenvalue weighted by Crippen LogP contribution is 2.23. The van der Waals surface area contributed by atoms with Crippen LogP contribution in [-0.2, 0) is 9.05 Å². The molecule has 3 nitrogen and oxygen atoms in total. The second-order valence-electron chi connectivity index (χ2n) is 2.40. The number of rotatable bonds is 2. The smallest absolute Gasteiger partial charge is 0.239 e. The summed E-state index contributed by atoms with van der Waals surface area (Å²) in [6.07, 6.45) is 3.07. The molecule has 1 rings (SSSR count). The SMILES string of the molecule is CC(c1ccncc1)S(=O)(=O)Cl. The Morgan fingerprint density at radius 2 is 1.92 bits per heavy atom. The molecule has 0 fully saturated rings. The summed E-state index contributed by atoms with van der Waals surface area (Å²) < 4.78 is 21.8. The van der Waals surface area contributed by atoms with Crippen LogP contribution in [0.2, 0.25) is 0 Å². The number of aromatic nitrogens is 1. The second kappa shape index (κ2) is 3.41. The molecule has 0 radical (unpaired) electrons. The van der Waals surface area contributed by atoms with Gasteiger partial charge in [0.15, 0.2) is 0 Å². The molecule has 0 amide bonds. The van der Waals surface area contributed by atoms with Crippen LogP contribution in [0, 0.1) is 0 Å².